The van der Waals surface area contributed by atoms with Crippen molar-refractivity contribution in [2.75, 3.05) is 25.4 Å². The zero-order chi connectivity index (χ0) is 19.4. The molecular weight excluding hydrogens is 368 g/mol. The van der Waals surface area contributed by atoms with Gasteiger partial charge < -0.3 is 10.3 Å². The molecule has 0 unspecified atom stereocenters. The second-order valence-corrected chi connectivity index (χ2v) is 8.61. The highest BCUT2D eigenvalue weighted by Crippen LogP contribution is 2.14. The van der Waals surface area contributed by atoms with E-state index in [0.717, 1.165) is 24.0 Å². The van der Waals surface area contributed by atoms with Crippen molar-refractivity contribution < 1.29 is 13.2 Å². The predicted molar refractivity (Wildman–Crippen MR) is 102 cm³/mol. The van der Waals surface area contributed by atoms with Crippen LogP contribution in [0.2, 0.25) is 0 Å². The number of H-pyrrole nitrogens is 1. The van der Waals surface area contributed by atoms with E-state index in [1.165, 1.54) is 10.5 Å². The minimum atomic E-state index is -3.38. The van der Waals surface area contributed by atoms with Crippen molar-refractivity contribution in [3.63, 3.8) is 0 Å². The second-order valence-electron chi connectivity index (χ2n) is 6.52. The number of aromatic nitrogens is 2. The molecule has 1 aliphatic rings. The van der Waals surface area contributed by atoms with E-state index in [9.17, 15) is 18.0 Å². The van der Waals surface area contributed by atoms with Crippen LogP contribution < -0.4 is 10.9 Å². The minimum absolute atomic E-state index is 0.0587. The Kier molecular flexibility index (Phi) is 5.71. The number of carbonyl (C=O) groups is 1. The molecule has 1 aromatic heterocycles. The summed E-state index contributed by atoms with van der Waals surface area (Å²) >= 11 is 0. The monoisotopic (exact) mass is 390 g/mol. The zero-order valence-corrected chi connectivity index (χ0v) is 15.9. The van der Waals surface area contributed by atoms with E-state index in [2.05, 4.69) is 15.3 Å². The molecule has 8 nitrogen and oxygen atoms in total. The smallest absolute Gasteiger partial charge is 0.264 e. The quantitative estimate of drug-likeness (QED) is 0.761. The van der Waals surface area contributed by atoms with Gasteiger partial charge in [0.2, 0.25) is 10.0 Å². The van der Waals surface area contributed by atoms with Gasteiger partial charge in [-0.15, -0.1) is 0 Å². The fraction of sp³-hybridized carbons (Fsp3) is 0.389. The molecule has 9 heteroatoms. The number of aryl methyl sites for hydroxylation is 1. The third kappa shape index (κ3) is 4.61. The number of sulfonamides is 1. The summed E-state index contributed by atoms with van der Waals surface area (Å²) in [5.41, 5.74) is 1.10. The number of benzene rings is 1. The van der Waals surface area contributed by atoms with Crippen LogP contribution in [0.4, 0.5) is 0 Å². The summed E-state index contributed by atoms with van der Waals surface area (Å²) in [7, 11) is -3.38. The molecule has 0 radical (unpaired) electrons. The average Bonchev–Trinajstić information content (AvgIpc) is 3.17. The lowest BCUT2D eigenvalue weighted by molar-refractivity contribution is 0.0954. The summed E-state index contributed by atoms with van der Waals surface area (Å²) in [5.74, 6) is -0.463. The highest BCUT2D eigenvalue weighted by atomic mass is 32.2. The Bertz CT molecular complexity index is 977. The number of amides is 1. The van der Waals surface area contributed by atoms with Crippen LogP contribution in [0.1, 0.15) is 28.8 Å². The highest BCUT2D eigenvalue weighted by molar-refractivity contribution is 7.89. The Hall–Kier alpha value is -2.52. The number of hydrogen-bond acceptors (Lipinski definition) is 5. The predicted octanol–water partition coefficient (Wildman–Crippen LogP) is 0.901. The molecule has 0 bridgehead atoms. The third-order valence-corrected chi connectivity index (χ3v) is 6.34. The first-order valence-corrected chi connectivity index (χ1v) is 10.4. The SMILES string of the molecule is Cc1ccc(-c2ncc(C(=O)NCCS(=O)(=O)N3CCCC3)c(=O)[nH]2)cc1. The van der Waals surface area contributed by atoms with E-state index in [-0.39, 0.29) is 17.9 Å². The van der Waals surface area contributed by atoms with E-state index in [4.69, 9.17) is 0 Å². The van der Waals surface area contributed by atoms with E-state index < -0.39 is 21.5 Å². The molecule has 0 spiro atoms. The third-order valence-electron chi connectivity index (χ3n) is 4.47. The lowest BCUT2D eigenvalue weighted by atomic mass is 10.1. The van der Waals surface area contributed by atoms with Crippen molar-refractivity contribution >= 4 is 15.9 Å². The number of rotatable bonds is 6. The second kappa shape index (κ2) is 8.01. The topological polar surface area (TPSA) is 112 Å². The molecule has 3 rings (SSSR count). The number of nitrogens with zero attached hydrogens (tertiary/aromatic N) is 2. The Morgan fingerprint density at radius 1 is 1.22 bits per heavy atom. The maximum Gasteiger partial charge on any atom is 0.264 e. The first-order chi connectivity index (χ1) is 12.9. The summed E-state index contributed by atoms with van der Waals surface area (Å²) in [6, 6.07) is 7.46. The number of hydrogen-bond donors (Lipinski definition) is 2. The molecule has 1 aliphatic heterocycles. The van der Waals surface area contributed by atoms with Crippen molar-refractivity contribution in [3.05, 3.63) is 51.9 Å². The van der Waals surface area contributed by atoms with Crippen LogP contribution in [0, 0.1) is 6.92 Å². The molecule has 1 aromatic carbocycles. The van der Waals surface area contributed by atoms with Gasteiger partial charge in [0.25, 0.3) is 11.5 Å². The molecule has 27 heavy (non-hydrogen) atoms. The van der Waals surface area contributed by atoms with Gasteiger partial charge in [0, 0.05) is 31.4 Å². The van der Waals surface area contributed by atoms with Gasteiger partial charge in [0.1, 0.15) is 11.4 Å². The van der Waals surface area contributed by atoms with Gasteiger partial charge in [-0.2, -0.15) is 0 Å². The van der Waals surface area contributed by atoms with E-state index in [0.29, 0.717) is 18.9 Å². The van der Waals surface area contributed by atoms with Crippen molar-refractivity contribution in [1.82, 2.24) is 19.6 Å². The van der Waals surface area contributed by atoms with Crippen LogP contribution in [0.15, 0.2) is 35.3 Å². The highest BCUT2D eigenvalue weighted by Gasteiger charge is 2.25. The Labute approximate surface area is 157 Å². The summed E-state index contributed by atoms with van der Waals surface area (Å²) < 4.78 is 25.7. The molecule has 0 aliphatic carbocycles. The maximum atomic E-state index is 12.2. The lowest BCUT2D eigenvalue weighted by Crippen LogP contribution is -2.37. The minimum Gasteiger partial charge on any atom is -0.351 e. The van der Waals surface area contributed by atoms with Gasteiger partial charge in [-0.3, -0.25) is 9.59 Å². The molecule has 1 fully saturated rings. The fourth-order valence-corrected chi connectivity index (χ4v) is 4.33. The molecule has 1 saturated heterocycles. The van der Waals surface area contributed by atoms with E-state index in [1.54, 1.807) is 0 Å². The van der Waals surface area contributed by atoms with Gasteiger partial charge in [-0.05, 0) is 19.8 Å². The van der Waals surface area contributed by atoms with Crippen molar-refractivity contribution in [1.29, 1.82) is 0 Å². The standard InChI is InChI=1S/C18H22N4O4S/c1-13-4-6-14(7-5-13)16-20-12-15(18(24)21-16)17(23)19-8-11-27(25,26)22-9-2-3-10-22/h4-7,12H,2-3,8-11H2,1H3,(H,19,23)(H,20,21,24). The van der Waals surface area contributed by atoms with Crippen LogP contribution >= 0.6 is 0 Å². The summed E-state index contributed by atoms with van der Waals surface area (Å²) in [6.07, 6.45) is 2.93. The molecule has 2 aromatic rings. The van der Waals surface area contributed by atoms with Gasteiger partial charge in [-0.1, -0.05) is 29.8 Å². The van der Waals surface area contributed by atoms with Crippen LogP contribution in [0.5, 0.6) is 0 Å². The van der Waals surface area contributed by atoms with Gasteiger partial charge in [0.05, 0.1) is 5.75 Å². The summed E-state index contributed by atoms with van der Waals surface area (Å²) in [5, 5.41) is 2.48. The zero-order valence-electron chi connectivity index (χ0n) is 15.1. The number of aromatic amines is 1. The maximum absolute atomic E-state index is 12.2. The lowest BCUT2D eigenvalue weighted by Gasteiger charge is -2.15. The number of nitrogens with one attached hydrogen (secondary N) is 2. The van der Waals surface area contributed by atoms with Crippen LogP contribution in [-0.4, -0.2) is 54.0 Å². The largest absolute Gasteiger partial charge is 0.351 e. The normalized spacial score (nSPS) is 15.0. The molecule has 2 heterocycles. The Balaban J connectivity index is 1.63. The molecule has 0 atom stereocenters. The summed E-state index contributed by atoms with van der Waals surface area (Å²) in [6.45, 7) is 2.95. The van der Waals surface area contributed by atoms with Crippen LogP contribution in [0.25, 0.3) is 11.4 Å². The average molecular weight is 390 g/mol. The molecule has 2 N–H and O–H groups in total. The van der Waals surface area contributed by atoms with Crippen molar-refractivity contribution in [2.24, 2.45) is 0 Å². The van der Waals surface area contributed by atoms with Crippen molar-refractivity contribution in [2.45, 2.75) is 19.8 Å². The first-order valence-electron chi connectivity index (χ1n) is 8.79. The molecule has 144 valence electrons. The van der Waals surface area contributed by atoms with Crippen LogP contribution in [0.3, 0.4) is 0 Å². The first kappa shape index (κ1) is 19.2. The molecule has 1 amide bonds. The molecule has 0 saturated carbocycles. The van der Waals surface area contributed by atoms with Gasteiger partial charge >= 0.3 is 0 Å². The van der Waals surface area contributed by atoms with E-state index in [1.807, 2.05) is 31.2 Å². The number of carbonyl (C=O) groups excluding carboxylic acids is 1. The fourth-order valence-electron chi connectivity index (χ4n) is 2.90. The van der Waals surface area contributed by atoms with Crippen LogP contribution in [-0.2, 0) is 10.0 Å². The molecular formula is C18H22N4O4S. The van der Waals surface area contributed by atoms with E-state index >= 15 is 0 Å². The van der Waals surface area contributed by atoms with Gasteiger partial charge in [0.15, 0.2) is 0 Å². The van der Waals surface area contributed by atoms with Crippen molar-refractivity contribution in [3.8, 4) is 11.4 Å². The summed E-state index contributed by atoms with van der Waals surface area (Å²) in [4.78, 5) is 31.1. The Morgan fingerprint density at radius 3 is 2.52 bits per heavy atom. The Morgan fingerprint density at radius 2 is 1.89 bits per heavy atom. The van der Waals surface area contributed by atoms with Gasteiger partial charge in [-0.25, -0.2) is 17.7 Å².